The third-order valence-corrected chi connectivity index (χ3v) is 3.20. The lowest BCUT2D eigenvalue weighted by molar-refractivity contribution is 0.587. The van der Waals surface area contributed by atoms with E-state index in [0.717, 1.165) is 23.7 Å². The quantitative estimate of drug-likeness (QED) is 0.896. The molecule has 2 aromatic rings. The summed E-state index contributed by atoms with van der Waals surface area (Å²) in [7, 11) is 0. The van der Waals surface area contributed by atoms with Crippen molar-refractivity contribution in [2.24, 2.45) is 0 Å². The highest BCUT2D eigenvalue weighted by Gasteiger charge is 2.06. The number of rotatable bonds is 5. The maximum atomic E-state index is 6.09. The Morgan fingerprint density at radius 3 is 2.68 bits per heavy atom. The lowest BCUT2D eigenvalue weighted by Gasteiger charge is -2.13. The maximum absolute atomic E-state index is 6.09. The van der Waals surface area contributed by atoms with Gasteiger partial charge in [0.2, 0.25) is 0 Å². The monoisotopic (exact) mass is 274 g/mol. The van der Waals surface area contributed by atoms with Crippen molar-refractivity contribution in [1.82, 2.24) is 10.3 Å². The number of benzene rings is 1. The molecule has 0 saturated carbocycles. The fraction of sp³-hybridized carbons (Fsp3) is 0.312. The lowest BCUT2D eigenvalue weighted by atomic mass is 10.0. The molecule has 0 amide bonds. The van der Waals surface area contributed by atoms with Crippen LogP contribution in [0.15, 0.2) is 42.6 Å². The number of nitrogens with zero attached hydrogens (tertiary/aromatic N) is 1. The Morgan fingerprint density at radius 2 is 2.00 bits per heavy atom. The fourth-order valence-corrected chi connectivity index (χ4v) is 2.14. The molecule has 0 radical (unpaired) electrons. The Bertz CT molecular complexity index is 524. The number of hydrogen-bond acceptors (Lipinski definition) is 2. The van der Waals surface area contributed by atoms with Crippen molar-refractivity contribution in [3.8, 4) is 0 Å². The first-order valence-electron chi connectivity index (χ1n) is 6.56. The topological polar surface area (TPSA) is 24.9 Å². The highest BCUT2D eigenvalue weighted by Crippen LogP contribution is 2.18. The molecule has 0 fully saturated rings. The molecule has 3 heteroatoms. The van der Waals surface area contributed by atoms with E-state index >= 15 is 0 Å². The Balaban J connectivity index is 2.19. The molecule has 0 aliphatic rings. The molecule has 2 nitrogen and oxygen atoms in total. The Hall–Kier alpha value is -1.38. The molecule has 0 atom stereocenters. The summed E-state index contributed by atoms with van der Waals surface area (Å²) >= 11 is 6.09. The third kappa shape index (κ3) is 4.34. The van der Waals surface area contributed by atoms with E-state index in [0.29, 0.717) is 6.04 Å². The summed E-state index contributed by atoms with van der Waals surface area (Å²) in [5.74, 6) is 0. The van der Waals surface area contributed by atoms with Crippen LogP contribution in [-0.4, -0.2) is 11.0 Å². The molecule has 0 spiro atoms. The second-order valence-corrected chi connectivity index (χ2v) is 5.38. The van der Waals surface area contributed by atoms with E-state index in [9.17, 15) is 0 Å². The standard InChI is InChI=1S/C16H19ClN2/c1-12(2)19-11-14-9-15(17)7-6-13(14)10-16-5-3-4-8-18-16/h3-9,12,19H,10-11H2,1-2H3. The molecule has 100 valence electrons. The van der Waals surface area contributed by atoms with Crippen molar-refractivity contribution < 1.29 is 0 Å². The van der Waals surface area contributed by atoms with Crippen LogP contribution in [0.4, 0.5) is 0 Å². The molecule has 1 aromatic carbocycles. The highest BCUT2D eigenvalue weighted by molar-refractivity contribution is 6.30. The van der Waals surface area contributed by atoms with Gasteiger partial charge in [-0.1, -0.05) is 37.6 Å². The molecule has 1 aromatic heterocycles. The summed E-state index contributed by atoms with van der Waals surface area (Å²) in [6.45, 7) is 5.12. The van der Waals surface area contributed by atoms with Gasteiger partial charge in [-0.15, -0.1) is 0 Å². The van der Waals surface area contributed by atoms with Gasteiger partial charge in [-0.05, 0) is 35.4 Å². The van der Waals surface area contributed by atoms with Crippen LogP contribution in [0.5, 0.6) is 0 Å². The van der Waals surface area contributed by atoms with Crippen LogP contribution in [0, 0.1) is 0 Å². The van der Waals surface area contributed by atoms with Gasteiger partial charge in [0.1, 0.15) is 0 Å². The van der Waals surface area contributed by atoms with E-state index in [4.69, 9.17) is 11.6 Å². The number of halogens is 1. The van der Waals surface area contributed by atoms with Gasteiger partial charge in [0.05, 0.1) is 0 Å². The summed E-state index contributed by atoms with van der Waals surface area (Å²) in [5, 5.41) is 4.22. The van der Waals surface area contributed by atoms with E-state index in [2.05, 4.69) is 30.2 Å². The van der Waals surface area contributed by atoms with Crippen molar-refractivity contribution in [2.45, 2.75) is 32.9 Å². The molecule has 1 N–H and O–H groups in total. The predicted octanol–water partition coefficient (Wildman–Crippen LogP) is 3.82. The largest absolute Gasteiger partial charge is 0.310 e. The summed E-state index contributed by atoms with van der Waals surface area (Å²) in [6, 6.07) is 12.5. The molecule has 0 aliphatic heterocycles. The maximum Gasteiger partial charge on any atom is 0.0447 e. The molecule has 0 bridgehead atoms. The van der Waals surface area contributed by atoms with Gasteiger partial charge in [0, 0.05) is 35.9 Å². The van der Waals surface area contributed by atoms with Crippen molar-refractivity contribution in [1.29, 1.82) is 0 Å². The molecule has 0 aliphatic carbocycles. The molecule has 0 saturated heterocycles. The second-order valence-electron chi connectivity index (χ2n) is 4.95. The van der Waals surface area contributed by atoms with Gasteiger partial charge in [-0.2, -0.15) is 0 Å². The third-order valence-electron chi connectivity index (χ3n) is 2.97. The first kappa shape index (κ1) is 14.0. The Morgan fingerprint density at radius 1 is 1.16 bits per heavy atom. The van der Waals surface area contributed by atoms with Crippen molar-refractivity contribution in [3.63, 3.8) is 0 Å². The first-order chi connectivity index (χ1) is 9.15. The van der Waals surface area contributed by atoms with E-state index in [1.807, 2.05) is 36.5 Å². The van der Waals surface area contributed by atoms with Crippen molar-refractivity contribution >= 4 is 11.6 Å². The average Bonchev–Trinajstić information content (AvgIpc) is 2.40. The Kier molecular flexibility index (Phi) is 4.94. The minimum Gasteiger partial charge on any atom is -0.310 e. The zero-order chi connectivity index (χ0) is 13.7. The second kappa shape index (κ2) is 6.69. The van der Waals surface area contributed by atoms with E-state index in [-0.39, 0.29) is 0 Å². The smallest absolute Gasteiger partial charge is 0.0447 e. The van der Waals surface area contributed by atoms with Crippen LogP contribution in [-0.2, 0) is 13.0 Å². The van der Waals surface area contributed by atoms with Gasteiger partial charge in [0.25, 0.3) is 0 Å². The summed E-state index contributed by atoms with van der Waals surface area (Å²) in [5.41, 5.74) is 3.60. The highest BCUT2D eigenvalue weighted by atomic mass is 35.5. The minimum absolute atomic E-state index is 0.460. The number of hydrogen-bond donors (Lipinski definition) is 1. The Labute approximate surface area is 119 Å². The molecular formula is C16H19ClN2. The van der Waals surface area contributed by atoms with Crippen LogP contribution in [0.1, 0.15) is 30.7 Å². The molecular weight excluding hydrogens is 256 g/mol. The number of pyridine rings is 1. The van der Waals surface area contributed by atoms with E-state index < -0.39 is 0 Å². The van der Waals surface area contributed by atoms with Crippen LogP contribution in [0.3, 0.4) is 0 Å². The molecule has 19 heavy (non-hydrogen) atoms. The van der Waals surface area contributed by atoms with Crippen LogP contribution < -0.4 is 5.32 Å². The van der Waals surface area contributed by atoms with Gasteiger partial charge >= 0.3 is 0 Å². The summed E-state index contributed by atoms with van der Waals surface area (Å²) in [6.07, 6.45) is 2.67. The summed E-state index contributed by atoms with van der Waals surface area (Å²) < 4.78 is 0. The van der Waals surface area contributed by atoms with E-state index in [1.165, 1.54) is 11.1 Å². The van der Waals surface area contributed by atoms with Gasteiger partial charge in [-0.25, -0.2) is 0 Å². The van der Waals surface area contributed by atoms with Crippen LogP contribution in [0.25, 0.3) is 0 Å². The van der Waals surface area contributed by atoms with E-state index in [1.54, 1.807) is 0 Å². The zero-order valence-corrected chi connectivity index (χ0v) is 12.1. The zero-order valence-electron chi connectivity index (χ0n) is 11.4. The average molecular weight is 275 g/mol. The van der Waals surface area contributed by atoms with Crippen LogP contribution in [0.2, 0.25) is 5.02 Å². The number of nitrogens with one attached hydrogen (secondary N) is 1. The van der Waals surface area contributed by atoms with Crippen molar-refractivity contribution in [2.75, 3.05) is 0 Å². The number of aromatic nitrogens is 1. The SMILES string of the molecule is CC(C)NCc1cc(Cl)ccc1Cc1ccccn1. The van der Waals surface area contributed by atoms with Crippen molar-refractivity contribution in [3.05, 3.63) is 64.4 Å². The molecule has 1 heterocycles. The van der Waals surface area contributed by atoms with Gasteiger partial charge < -0.3 is 5.32 Å². The first-order valence-corrected chi connectivity index (χ1v) is 6.93. The summed E-state index contributed by atoms with van der Waals surface area (Å²) in [4.78, 5) is 4.38. The predicted molar refractivity (Wildman–Crippen MR) is 80.5 cm³/mol. The normalized spacial score (nSPS) is 10.9. The lowest BCUT2D eigenvalue weighted by Crippen LogP contribution is -2.22. The minimum atomic E-state index is 0.460. The molecule has 0 unspecified atom stereocenters. The van der Waals surface area contributed by atoms with Crippen LogP contribution >= 0.6 is 11.6 Å². The molecule has 2 rings (SSSR count). The van der Waals surface area contributed by atoms with Gasteiger partial charge in [-0.3, -0.25) is 4.98 Å². The van der Waals surface area contributed by atoms with Gasteiger partial charge in [0.15, 0.2) is 0 Å². The fourth-order valence-electron chi connectivity index (χ4n) is 1.94.